The molecule has 1 aliphatic rings. The Kier molecular flexibility index (Phi) is 8.48. The van der Waals surface area contributed by atoms with E-state index in [1.165, 1.54) is 5.57 Å². The van der Waals surface area contributed by atoms with Crippen molar-refractivity contribution in [1.29, 1.82) is 0 Å². The maximum absolute atomic E-state index is 12.7. The Labute approximate surface area is 181 Å². The van der Waals surface area contributed by atoms with Gasteiger partial charge in [-0.3, -0.25) is 4.21 Å². The van der Waals surface area contributed by atoms with Crippen LogP contribution < -0.4 is 0 Å². The monoisotopic (exact) mass is 436 g/mol. The van der Waals surface area contributed by atoms with Gasteiger partial charge in [0.1, 0.15) is 0 Å². The summed E-state index contributed by atoms with van der Waals surface area (Å²) < 4.78 is 19.0. The number of rotatable bonds is 9. The fraction of sp³-hybridized carbons (Fsp3) is 0.667. The van der Waals surface area contributed by atoms with Crippen molar-refractivity contribution >= 4 is 19.1 Å². The molecule has 0 fully saturated rings. The van der Waals surface area contributed by atoms with E-state index in [1.807, 2.05) is 36.4 Å². The second-order valence-electron chi connectivity index (χ2n) is 10.2. The first kappa shape index (κ1) is 24.5. The minimum Gasteiger partial charge on any atom is -0.417 e. The maximum atomic E-state index is 12.7. The Hall–Kier alpha value is -0.753. The van der Waals surface area contributed by atoms with Gasteiger partial charge in [0.05, 0.1) is 16.9 Å². The van der Waals surface area contributed by atoms with Crippen molar-refractivity contribution in [3.63, 3.8) is 0 Å². The van der Waals surface area contributed by atoms with Crippen LogP contribution in [0.2, 0.25) is 18.1 Å². The largest absolute Gasteiger partial charge is 0.417 e. The molecule has 2 rings (SSSR count). The highest BCUT2D eigenvalue weighted by molar-refractivity contribution is 7.85. The molecule has 1 aromatic carbocycles. The van der Waals surface area contributed by atoms with Crippen molar-refractivity contribution in [3.05, 3.63) is 42.0 Å². The minimum atomic E-state index is -1.71. The standard InChI is InChI=1S/C24H40O3SSi/c1-23(2,3)29(5,6)27-17-10-15-24(4)16-13-21(25)19-20(24)14-18-28(26)22-11-8-7-9-12-22/h7-9,11-12,19,21,25H,10,13-18H2,1-6H3/t21-,24-,28?/m1/s1. The van der Waals surface area contributed by atoms with Gasteiger partial charge in [-0.15, -0.1) is 0 Å². The third-order valence-electron chi connectivity index (χ3n) is 6.87. The molecule has 1 unspecified atom stereocenters. The summed E-state index contributed by atoms with van der Waals surface area (Å²) in [6, 6.07) is 9.67. The number of benzene rings is 1. The first-order chi connectivity index (χ1) is 13.4. The van der Waals surface area contributed by atoms with Gasteiger partial charge in [0.2, 0.25) is 0 Å². The van der Waals surface area contributed by atoms with Crippen LogP contribution in [0.25, 0.3) is 0 Å². The molecule has 0 radical (unpaired) electrons. The quantitative estimate of drug-likeness (QED) is 0.290. The lowest BCUT2D eigenvalue weighted by atomic mass is 9.69. The van der Waals surface area contributed by atoms with E-state index in [2.05, 4.69) is 40.8 Å². The molecule has 1 aromatic rings. The molecule has 0 aromatic heterocycles. The van der Waals surface area contributed by atoms with E-state index in [0.717, 1.165) is 43.6 Å². The molecule has 0 saturated heterocycles. The van der Waals surface area contributed by atoms with Crippen LogP contribution in [0, 0.1) is 5.41 Å². The summed E-state index contributed by atoms with van der Waals surface area (Å²) in [4.78, 5) is 0.883. The summed E-state index contributed by atoms with van der Waals surface area (Å²) in [6.07, 6.45) is 6.31. The number of aliphatic hydroxyl groups excluding tert-OH is 1. The molecule has 3 nitrogen and oxygen atoms in total. The molecule has 0 saturated carbocycles. The van der Waals surface area contributed by atoms with Crippen molar-refractivity contribution < 1.29 is 13.7 Å². The SMILES string of the molecule is CC(C)(C)[Si](C)(C)OCCC[C@]1(C)CC[C@@H](O)C=C1CCS(=O)c1ccccc1. The highest BCUT2D eigenvalue weighted by atomic mass is 32.2. The molecule has 0 bridgehead atoms. The van der Waals surface area contributed by atoms with Gasteiger partial charge in [0.15, 0.2) is 8.32 Å². The van der Waals surface area contributed by atoms with E-state index in [1.54, 1.807) is 0 Å². The lowest BCUT2D eigenvalue weighted by Gasteiger charge is -2.39. The van der Waals surface area contributed by atoms with Gasteiger partial charge in [-0.05, 0) is 67.8 Å². The third-order valence-corrected chi connectivity index (χ3v) is 12.8. The normalized spacial score (nSPS) is 24.2. The van der Waals surface area contributed by atoms with Gasteiger partial charge < -0.3 is 9.53 Å². The van der Waals surface area contributed by atoms with Crippen molar-refractivity contribution in [1.82, 2.24) is 0 Å². The summed E-state index contributed by atoms with van der Waals surface area (Å²) in [5.74, 6) is 0.610. The van der Waals surface area contributed by atoms with Gasteiger partial charge in [-0.1, -0.05) is 57.5 Å². The molecule has 0 spiro atoms. The van der Waals surface area contributed by atoms with E-state index >= 15 is 0 Å². The summed E-state index contributed by atoms with van der Waals surface area (Å²) in [5, 5.41) is 10.4. The Morgan fingerprint density at radius 2 is 1.90 bits per heavy atom. The molecule has 0 aliphatic heterocycles. The minimum absolute atomic E-state index is 0.0664. The third kappa shape index (κ3) is 6.88. The van der Waals surface area contributed by atoms with Crippen LogP contribution in [-0.2, 0) is 15.2 Å². The zero-order chi connectivity index (χ0) is 21.7. The summed E-state index contributed by atoms with van der Waals surface area (Å²) in [6.45, 7) is 14.5. The fourth-order valence-corrected chi connectivity index (χ4v) is 5.90. The van der Waals surface area contributed by atoms with Gasteiger partial charge in [-0.25, -0.2) is 0 Å². The van der Waals surface area contributed by atoms with Crippen LogP contribution in [0.1, 0.15) is 59.8 Å². The summed E-state index contributed by atoms with van der Waals surface area (Å²) in [7, 11) is -2.71. The molecule has 0 amide bonds. The molecule has 3 atom stereocenters. The topological polar surface area (TPSA) is 46.5 Å². The van der Waals surface area contributed by atoms with Gasteiger partial charge >= 0.3 is 0 Å². The Morgan fingerprint density at radius 1 is 1.24 bits per heavy atom. The zero-order valence-corrected chi connectivity index (χ0v) is 21.0. The highest BCUT2D eigenvalue weighted by Crippen LogP contribution is 2.43. The fourth-order valence-electron chi connectivity index (χ4n) is 3.71. The van der Waals surface area contributed by atoms with Crippen LogP contribution in [0.3, 0.4) is 0 Å². The summed E-state index contributed by atoms with van der Waals surface area (Å²) >= 11 is 0. The number of hydrogen-bond acceptors (Lipinski definition) is 3. The molecule has 5 heteroatoms. The molecular formula is C24H40O3SSi. The van der Waals surface area contributed by atoms with Gasteiger partial charge in [0.25, 0.3) is 0 Å². The van der Waals surface area contributed by atoms with Crippen LogP contribution in [0.15, 0.2) is 46.9 Å². The Balaban J connectivity index is 1.94. The number of hydrogen-bond donors (Lipinski definition) is 1. The zero-order valence-electron chi connectivity index (χ0n) is 19.2. The van der Waals surface area contributed by atoms with Crippen LogP contribution in [-0.4, -0.2) is 36.1 Å². The summed E-state index contributed by atoms with van der Waals surface area (Å²) in [5.41, 5.74) is 1.34. The first-order valence-electron chi connectivity index (χ1n) is 10.9. The second kappa shape index (κ2) is 10.0. The number of aliphatic hydroxyl groups is 1. The van der Waals surface area contributed by atoms with E-state index in [9.17, 15) is 9.32 Å². The molecular weight excluding hydrogens is 396 g/mol. The highest BCUT2D eigenvalue weighted by Gasteiger charge is 2.37. The van der Waals surface area contributed by atoms with Crippen LogP contribution >= 0.6 is 0 Å². The Morgan fingerprint density at radius 3 is 2.52 bits per heavy atom. The van der Waals surface area contributed by atoms with Crippen molar-refractivity contribution in [2.75, 3.05) is 12.4 Å². The van der Waals surface area contributed by atoms with Crippen molar-refractivity contribution in [2.45, 2.75) is 88.9 Å². The predicted molar refractivity (Wildman–Crippen MR) is 126 cm³/mol. The molecule has 29 heavy (non-hydrogen) atoms. The molecule has 1 N–H and O–H groups in total. The van der Waals surface area contributed by atoms with E-state index in [0.29, 0.717) is 5.75 Å². The molecule has 1 aliphatic carbocycles. The molecule has 0 heterocycles. The first-order valence-corrected chi connectivity index (χ1v) is 15.1. The van der Waals surface area contributed by atoms with Crippen LogP contribution in [0.4, 0.5) is 0 Å². The predicted octanol–water partition coefficient (Wildman–Crippen LogP) is 6.07. The van der Waals surface area contributed by atoms with E-state index < -0.39 is 19.1 Å². The number of allylic oxidation sites excluding steroid dienone is 1. The lowest BCUT2D eigenvalue weighted by Crippen LogP contribution is -2.41. The molecule has 164 valence electrons. The average Bonchev–Trinajstić information content (AvgIpc) is 2.66. The van der Waals surface area contributed by atoms with Crippen LogP contribution in [0.5, 0.6) is 0 Å². The van der Waals surface area contributed by atoms with Gasteiger partial charge in [-0.2, -0.15) is 0 Å². The Bertz CT molecular complexity index is 709. The lowest BCUT2D eigenvalue weighted by molar-refractivity contribution is 0.155. The average molecular weight is 437 g/mol. The van der Waals surface area contributed by atoms with E-state index in [4.69, 9.17) is 4.43 Å². The maximum Gasteiger partial charge on any atom is 0.191 e. The second-order valence-corrected chi connectivity index (χ2v) is 16.6. The van der Waals surface area contributed by atoms with Crippen molar-refractivity contribution in [3.8, 4) is 0 Å². The van der Waals surface area contributed by atoms with E-state index in [-0.39, 0.29) is 16.6 Å². The smallest absolute Gasteiger partial charge is 0.191 e. The van der Waals surface area contributed by atoms with Crippen molar-refractivity contribution in [2.24, 2.45) is 5.41 Å². The van der Waals surface area contributed by atoms with Gasteiger partial charge in [0, 0.05) is 17.3 Å².